The average molecular weight is 343 g/mol. The topological polar surface area (TPSA) is 63.7 Å². The lowest BCUT2D eigenvalue weighted by Crippen LogP contribution is -2.30. The number of hydrogen-bond donors (Lipinski definition) is 1. The van der Waals surface area contributed by atoms with Gasteiger partial charge < -0.3 is 19.7 Å². The van der Waals surface area contributed by atoms with Crippen LogP contribution in [-0.2, 0) is 14.3 Å². The lowest BCUT2D eigenvalue weighted by atomic mass is 10.2. The van der Waals surface area contributed by atoms with Gasteiger partial charge >= 0.3 is 0 Å². The Balaban J connectivity index is 1.61. The highest BCUT2D eigenvalue weighted by atomic mass is 16.5. The third-order valence-electron chi connectivity index (χ3n) is 4.33. The lowest BCUT2D eigenvalue weighted by molar-refractivity contribution is -0.128. The van der Waals surface area contributed by atoms with Crippen LogP contribution in [0.2, 0.25) is 0 Å². The van der Waals surface area contributed by atoms with Crippen LogP contribution in [0.4, 0.5) is 11.5 Å². The number of carbonyl (C=O) groups excluding carboxylic acids is 1. The summed E-state index contributed by atoms with van der Waals surface area (Å²) in [5, 5.41) is 3.89. The van der Waals surface area contributed by atoms with E-state index in [0.717, 1.165) is 41.9 Å². The van der Waals surface area contributed by atoms with Crippen molar-refractivity contribution in [2.24, 2.45) is 0 Å². The molecule has 1 saturated heterocycles. The summed E-state index contributed by atoms with van der Waals surface area (Å²) < 4.78 is 11.1. The number of fused-ring (bicyclic) bond motifs is 1. The van der Waals surface area contributed by atoms with Crippen molar-refractivity contribution >= 4 is 28.3 Å². The Morgan fingerprint density at radius 3 is 2.96 bits per heavy atom. The zero-order chi connectivity index (χ0) is 17.8. The van der Waals surface area contributed by atoms with Gasteiger partial charge in [0, 0.05) is 31.8 Å². The Bertz CT molecular complexity index is 742. The Morgan fingerprint density at radius 2 is 2.24 bits per heavy atom. The molecule has 0 unspecified atom stereocenters. The van der Waals surface area contributed by atoms with Crippen molar-refractivity contribution in [1.29, 1.82) is 0 Å². The Kier molecular flexibility index (Phi) is 5.50. The SMILES string of the molecule is C[C@@H](OC[C@H]1CCCO1)C(=O)Nc1ccc2nc(N(C)C)ccc2c1. The minimum Gasteiger partial charge on any atom is -0.376 e. The lowest BCUT2D eigenvalue weighted by Gasteiger charge is -2.16. The van der Waals surface area contributed by atoms with Gasteiger partial charge in [-0.2, -0.15) is 0 Å². The summed E-state index contributed by atoms with van der Waals surface area (Å²) in [5.74, 6) is 0.746. The van der Waals surface area contributed by atoms with E-state index < -0.39 is 6.10 Å². The Hall–Kier alpha value is -2.18. The number of aromatic nitrogens is 1. The maximum absolute atomic E-state index is 12.3. The molecule has 0 radical (unpaired) electrons. The van der Waals surface area contributed by atoms with E-state index >= 15 is 0 Å². The van der Waals surface area contributed by atoms with E-state index in [0.29, 0.717) is 6.61 Å². The monoisotopic (exact) mass is 343 g/mol. The summed E-state index contributed by atoms with van der Waals surface area (Å²) >= 11 is 0. The molecule has 25 heavy (non-hydrogen) atoms. The normalized spacial score (nSPS) is 18.3. The smallest absolute Gasteiger partial charge is 0.253 e. The maximum atomic E-state index is 12.3. The number of hydrogen-bond acceptors (Lipinski definition) is 5. The van der Waals surface area contributed by atoms with Crippen molar-refractivity contribution < 1.29 is 14.3 Å². The highest BCUT2D eigenvalue weighted by Crippen LogP contribution is 2.21. The number of anilines is 2. The van der Waals surface area contributed by atoms with Crippen LogP contribution < -0.4 is 10.2 Å². The van der Waals surface area contributed by atoms with E-state index in [1.807, 2.05) is 49.3 Å². The van der Waals surface area contributed by atoms with Crippen molar-refractivity contribution in [3.05, 3.63) is 30.3 Å². The van der Waals surface area contributed by atoms with Crippen molar-refractivity contribution in [3.8, 4) is 0 Å². The van der Waals surface area contributed by atoms with Gasteiger partial charge in [0.25, 0.3) is 5.91 Å². The minimum absolute atomic E-state index is 0.118. The first-order valence-corrected chi connectivity index (χ1v) is 8.65. The highest BCUT2D eigenvalue weighted by Gasteiger charge is 2.20. The van der Waals surface area contributed by atoms with Gasteiger partial charge in [-0.05, 0) is 50.1 Å². The number of benzene rings is 1. The molecule has 1 aliphatic heterocycles. The van der Waals surface area contributed by atoms with Gasteiger partial charge in [-0.3, -0.25) is 4.79 Å². The summed E-state index contributed by atoms with van der Waals surface area (Å²) in [5.41, 5.74) is 1.64. The number of amides is 1. The number of carbonyl (C=O) groups is 1. The van der Waals surface area contributed by atoms with Gasteiger partial charge in [0.1, 0.15) is 11.9 Å². The summed E-state index contributed by atoms with van der Waals surface area (Å²) in [6.07, 6.45) is 1.66. The molecule has 1 amide bonds. The summed E-state index contributed by atoms with van der Waals surface area (Å²) in [7, 11) is 3.92. The number of ether oxygens (including phenoxy) is 2. The van der Waals surface area contributed by atoms with Crippen LogP contribution in [0.15, 0.2) is 30.3 Å². The fourth-order valence-electron chi connectivity index (χ4n) is 2.79. The molecule has 6 nitrogen and oxygen atoms in total. The third-order valence-corrected chi connectivity index (χ3v) is 4.33. The standard InChI is InChI=1S/C19H25N3O3/c1-13(25-12-16-5-4-10-24-16)19(23)20-15-7-8-17-14(11-15)6-9-18(21-17)22(2)3/h6-9,11,13,16H,4-5,10,12H2,1-3H3,(H,20,23)/t13-,16-/m1/s1. The maximum Gasteiger partial charge on any atom is 0.253 e. The number of rotatable bonds is 6. The number of pyridine rings is 1. The van der Waals surface area contributed by atoms with E-state index in [4.69, 9.17) is 9.47 Å². The summed E-state index contributed by atoms with van der Waals surface area (Å²) in [6.45, 7) is 3.01. The van der Waals surface area contributed by atoms with Gasteiger partial charge in [0.15, 0.2) is 0 Å². The molecule has 0 aliphatic carbocycles. The van der Waals surface area contributed by atoms with E-state index in [9.17, 15) is 4.79 Å². The van der Waals surface area contributed by atoms with Crippen molar-refractivity contribution in [2.45, 2.75) is 32.0 Å². The second-order valence-corrected chi connectivity index (χ2v) is 6.57. The van der Waals surface area contributed by atoms with Crippen molar-refractivity contribution in [3.63, 3.8) is 0 Å². The second-order valence-electron chi connectivity index (χ2n) is 6.57. The van der Waals surface area contributed by atoms with Gasteiger partial charge in [0.2, 0.25) is 0 Å². The van der Waals surface area contributed by atoms with E-state index in [-0.39, 0.29) is 12.0 Å². The second kappa shape index (κ2) is 7.80. The molecule has 2 atom stereocenters. The van der Waals surface area contributed by atoms with Crippen LogP contribution in [0.5, 0.6) is 0 Å². The van der Waals surface area contributed by atoms with E-state index in [1.54, 1.807) is 6.92 Å². The molecule has 0 saturated carbocycles. The van der Waals surface area contributed by atoms with Gasteiger partial charge in [-0.15, -0.1) is 0 Å². The summed E-state index contributed by atoms with van der Waals surface area (Å²) in [4.78, 5) is 18.8. The van der Waals surface area contributed by atoms with Crippen LogP contribution in [0.3, 0.4) is 0 Å². The molecule has 1 N–H and O–H groups in total. The zero-order valence-electron chi connectivity index (χ0n) is 15.0. The summed E-state index contributed by atoms with van der Waals surface area (Å²) in [6, 6.07) is 9.66. The highest BCUT2D eigenvalue weighted by molar-refractivity contribution is 5.96. The minimum atomic E-state index is -0.519. The third kappa shape index (κ3) is 4.46. The van der Waals surface area contributed by atoms with Crippen LogP contribution in [-0.4, -0.2) is 50.4 Å². The molecule has 2 heterocycles. The molecule has 0 spiro atoms. The predicted molar refractivity (Wildman–Crippen MR) is 99.1 cm³/mol. The van der Waals surface area contributed by atoms with Gasteiger partial charge in [-0.25, -0.2) is 4.98 Å². The molecule has 1 aromatic carbocycles. The van der Waals surface area contributed by atoms with E-state index in [1.165, 1.54) is 0 Å². The van der Waals surface area contributed by atoms with Crippen molar-refractivity contribution in [1.82, 2.24) is 4.98 Å². The molecule has 134 valence electrons. The number of nitrogens with zero attached hydrogens (tertiary/aromatic N) is 2. The largest absolute Gasteiger partial charge is 0.376 e. The van der Waals surface area contributed by atoms with Crippen LogP contribution >= 0.6 is 0 Å². The molecular weight excluding hydrogens is 318 g/mol. The quantitative estimate of drug-likeness (QED) is 0.874. The zero-order valence-corrected chi connectivity index (χ0v) is 15.0. The molecule has 3 rings (SSSR count). The van der Waals surface area contributed by atoms with Crippen molar-refractivity contribution in [2.75, 3.05) is 37.5 Å². The van der Waals surface area contributed by atoms with Gasteiger partial charge in [-0.1, -0.05) is 0 Å². The molecule has 2 aromatic rings. The van der Waals surface area contributed by atoms with E-state index in [2.05, 4.69) is 10.3 Å². The molecular formula is C19H25N3O3. The predicted octanol–water partition coefficient (Wildman–Crippen LogP) is 2.82. The Labute approximate surface area is 148 Å². The fraction of sp³-hybridized carbons (Fsp3) is 0.474. The number of nitrogens with one attached hydrogen (secondary N) is 1. The molecule has 1 fully saturated rings. The fourth-order valence-corrected chi connectivity index (χ4v) is 2.79. The first-order chi connectivity index (χ1) is 12.0. The van der Waals surface area contributed by atoms with Crippen LogP contribution in [0.25, 0.3) is 10.9 Å². The molecule has 6 heteroatoms. The molecule has 1 aromatic heterocycles. The average Bonchev–Trinajstić information content (AvgIpc) is 3.12. The molecule has 0 bridgehead atoms. The van der Waals surface area contributed by atoms with Crippen LogP contribution in [0, 0.1) is 0 Å². The Morgan fingerprint density at radius 1 is 1.40 bits per heavy atom. The first kappa shape index (κ1) is 17.6. The molecule has 1 aliphatic rings. The van der Waals surface area contributed by atoms with Gasteiger partial charge in [0.05, 0.1) is 18.2 Å². The van der Waals surface area contributed by atoms with Crippen LogP contribution in [0.1, 0.15) is 19.8 Å². The first-order valence-electron chi connectivity index (χ1n) is 8.65.